The Morgan fingerprint density at radius 2 is 2.20 bits per heavy atom. The minimum atomic E-state index is -2.64. The lowest BCUT2D eigenvalue weighted by atomic mass is 10.5. The summed E-state index contributed by atoms with van der Waals surface area (Å²) in [4.78, 5) is 9.62. The van der Waals surface area contributed by atoms with Crippen molar-refractivity contribution in [2.45, 2.75) is 33.4 Å². The van der Waals surface area contributed by atoms with E-state index in [1.54, 1.807) is 13.8 Å². The van der Waals surface area contributed by atoms with Gasteiger partial charge in [-0.25, -0.2) is 9.13 Å². The molecule has 0 N–H and O–H groups in total. The Hall–Kier alpha value is -0.770. The van der Waals surface area contributed by atoms with Crippen LogP contribution in [0.2, 0.25) is 0 Å². The molecule has 1 unspecified atom stereocenters. The van der Waals surface area contributed by atoms with Gasteiger partial charge in [0.25, 0.3) is 0 Å². The van der Waals surface area contributed by atoms with Gasteiger partial charge in [0, 0.05) is 0 Å². The highest BCUT2D eigenvalue weighted by Crippen LogP contribution is 2.11. The first-order valence-corrected chi connectivity index (χ1v) is 5.87. The van der Waals surface area contributed by atoms with Crippen molar-refractivity contribution in [3.8, 4) is 0 Å². The van der Waals surface area contributed by atoms with Crippen molar-refractivity contribution in [1.82, 2.24) is 4.57 Å². The van der Waals surface area contributed by atoms with E-state index in [0.717, 1.165) is 6.54 Å². The van der Waals surface area contributed by atoms with Gasteiger partial charge < -0.3 is 4.89 Å². The summed E-state index contributed by atoms with van der Waals surface area (Å²) < 4.78 is 18.0. The van der Waals surface area contributed by atoms with Crippen LogP contribution in [0.4, 0.5) is 0 Å². The van der Waals surface area contributed by atoms with Crippen molar-refractivity contribution in [1.29, 1.82) is 0 Å². The maximum Gasteiger partial charge on any atom is 0.488 e. The Balaban J connectivity index is 0.000000265. The molecule has 0 saturated carbocycles. The van der Waals surface area contributed by atoms with Crippen LogP contribution in [0.25, 0.3) is 0 Å². The zero-order chi connectivity index (χ0) is 11.8. The third-order valence-electron chi connectivity index (χ3n) is 1.49. The Kier molecular flexibility index (Phi) is 7.13. The fraction of sp³-hybridized carbons (Fsp3) is 0.667. The molecule has 1 rings (SSSR count). The standard InChI is InChI=1S/C6H11N2.C3H7O3P/c1-3-8-5-4-7(2)6-8;1-3(2)6-7(4)5/h4-6H,3H2,1-2H3;3H,1-2H3/q+1;. The summed E-state index contributed by atoms with van der Waals surface area (Å²) in [5.41, 5.74) is 0. The van der Waals surface area contributed by atoms with Crippen molar-refractivity contribution in [2.75, 3.05) is 0 Å². The topological polar surface area (TPSA) is 58.2 Å². The molecular weight excluding hydrogens is 215 g/mol. The van der Waals surface area contributed by atoms with Crippen LogP contribution >= 0.6 is 8.25 Å². The fourth-order valence-electron chi connectivity index (χ4n) is 0.861. The molecule has 0 bridgehead atoms. The largest absolute Gasteiger partial charge is 0.566 e. The molecule has 15 heavy (non-hydrogen) atoms. The predicted octanol–water partition coefficient (Wildman–Crippen LogP) is 0.762. The van der Waals surface area contributed by atoms with Gasteiger partial charge in [0.05, 0.1) is 13.6 Å². The monoisotopic (exact) mass is 233 g/mol. The van der Waals surface area contributed by atoms with Gasteiger partial charge in [0.15, 0.2) is 0 Å². The molecule has 0 spiro atoms. The van der Waals surface area contributed by atoms with Gasteiger partial charge in [-0.3, -0.25) is 0 Å². The van der Waals surface area contributed by atoms with Crippen LogP contribution in [-0.2, 0) is 22.7 Å². The van der Waals surface area contributed by atoms with E-state index in [4.69, 9.17) is 0 Å². The molecule has 0 amide bonds. The molecule has 1 aromatic rings. The summed E-state index contributed by atoms with van der Waals surface area (Å²) in [5, 5.41) is 0. The van der Waals surface area contributed by atoms with Crippen molar-refractivity contribution in [2.24, 2.45) is 7.05 Å². The molecule has 1 aromatic heterocycles. The van der Waals surface area contributed by atoms with E-state index >= 15 is 0 Å². The first-order valence-electron chi connectivity index (χ1n) is 4.77. The van der Waals surface area contributed by atoms with Gasteiger partial charge in [-0.15, -0.1) is 4.52 Å². The maximum atomic E-state index is 9.62. The molecule has 5 nitrogen and oxygen atoms in total. The number of imidazole rings is 1. The molecule has 0 saturated heterocycles. The lowest BCUT2D eigenvalue weighted by Gasteiger charge is -1.91. The van der Waals surface area contributed by atoms with Crippen molar-refractivity contribution >= 4 is 8.25 Å². The molecule has 0 aromatic carbocycles. The highest BCUT2D eigenvalue weighted by molar-refractivity contribution is 7.30. The van der Waals surface area contributed by atoms with Crippen molar-refractivity contribution in [3.05, 3.63) is 18.7 Å². The Morgan fingerprint density at radius 1 is 1.60 bits per heavy atom. The van der Waals surface area contributed by atoms with E-state index < -0.39 is 8.25 Å². The van der Waals surface area contributed by atoms with E-state index in [2.05, 4.69) is 28.5 Å². The number of nitrogens with zero attached hydrogens (tertiary/aromatic N) is 2. The number of rotatable bonds is 3. The average Bonchev–Trinajstić information content (AvgIpc) is 2.49. The molecule has 0 aliphatic heterocycles. The van der Waals surface area contributed by atoms with Crippen LogP contribution in [-0.4, -0.2) is 10.7 Å². The van der Waals surface area contributed by atoms with E-state index in [9.17, 15) is 9.46 Å². The van der Waals surface area contributed by atoms with Gasteiger partial charge >= 0.3 is 8.25 Å². The Morgan fingerprint density at radius 3 is 2.33 bits per heavy atom. The molecule has 6 heteroatoms. The van der Waals surface area contributed by atoms with E-state index in [-0.39, 0.29) is 6.10 Å². The zero-order valence-electron chi connectivity index (χ0n) is 9.58. The molecule has 1 heterocycles. The Bertz CT molecular complexity index is 299. The first-order chi connectivity index (χ1) is 6.95. The van der Waals surface area contributed by atoms with Crippen LogP contribution in [0, 0.1) is 0 Å². The summed E-state index contributed by atoms with van der Waals surface area (Å²) in [7, 11) is -0.620. The summed E-state index contributed by atoms with van der Waals surface area (Å²) >= 11 is 0. The highest BCUT2D eigenvalue weighted by atomic mass is 31.1. The molecule has 0 radical (unpaired) electrons. The van der Waals surface area contributed by atoms with Gasteiger partial charge in [-0.2, -0.15) is 0 Å². The molecule has 0 aliphatic rings. The zero-order valence-corrected chi connectivity index (χ0v) is 10.5. The number of hydrogen-bond donors (Lipinski definition) is 0. The number of aryl methyl sites for hydroxylation is 2. The van der Waals surface area contributed by atoms with Crippen molar-refractivity contribution < 1.29 is 18.5 Å². The Labute approximate surface area is 91.3 Å². The summed E-state index contributed by atoms with van der Waals surface area (Å²) in [5.74, 6) is 0. The van der Waals surface area contributed by atoms with Crippen LogP contribution in [0.1, 0.15) is 20.8 Å². The second-order valence-corrected chi connectivity index (χ2v) is 3.95. The molecule has 86 valence electrons. The maximum absolute atomic E-state index is 9.62. The fourth-order valence-corrected chi connectivity index (χ4v) is 1.21. The third kappa shape index (κ3) is 8.24. The second-order valence-electron chi connectivity index (χ2n) is 3.29. The summed E-state index contributed by atoms with van der Waals surface area (Å²) in [6, 6.07) is 0. The van der Waals surface area contributed by atoms with E-state index in [1.807, 2.05) is 17.8 Å². The molecular formula is C9H18N2O3P+. The third-order valence-corrected chi connectivity index (χ3v) is 2.08. The van der Waals surface area contributed by atoms with E-state index in [1.165, 1.54) is 0 Å². The van der Waals surface area contributed by atoms with Crippen LogP contribution in [0.3, 0.4) is 0 Å². The first kappa shape index (κ1) is 14.2. The predicted molar refractivity (Wildman–Crippen MR) is 55.1 cm³/mol. The highest BCUT2D eigenvalue weighted by Gasteiger charge is 2.03. The van der Waals surface area contributed by atoms with E-state index in [0.29, 0.717) is 0 Å². The SMILES string of the molecule is CC(C)O[P+](=O)[O-].CCn1cc[n+](C)c1. The molecule has 0 fully saturated rings. The summed E-state index contributed by atoms with van der Waals surface area (Å²) in [6.07, 6.45) is 5.92. The lowest BCUT2D eigenvalue weighted by molar-refractivity contribution is -0.671. The quantitative estimate of drug-likeness (QED) is 0.572. The normalized spacial score (nSPS) is 10.9. The average molecular weight is 233 g/mol. The summed E-state index contributed by atoms with van der Waals surface area (Å²) in [6.45, 7) is 6.50. The lowest BCUT2D eigenvalue weighted by Crippen LogP contribution is -2.23. The minimum Gasteiger partial charge on any atom is -0.566 e. The van der Waals surface area contributed by atoms with Gasteiger partial charge in [-0.1, -0.05) is 0 Å². The van der Waals surface area contributed by atoms with Gasteiger partial charge in [0.2, 0.25) is 6.33 Å². The van der Waals surface area contributed by atoms with Gasteiger partial charge in [-0.05, 0) is 25.3 Å². The van der Waals surface area contributed by atoms with Gasteiger partial charge in [0.1, 0.15) is 18.5 Å². The second kappa shape index (κ2) is 7.51. The van der Waals surface area contributed by atoms with Crippen LogP contribution in [0.5, 0.6) is 0 Å². The van der Waals surface area contributed by atoms with Crippen LogP contribution in [0.15, 0.2) is 18.7 Å². The van der Waals surface area contributed by atoms with Crippen molar-refractivity contribution in [3.63, 3.8) is 0 Å². The molecule has 0 aliphatic carbocycles. The molecule has 1 atom stereocenters. The minimum absolute atomic E-state index is 0.221. The number of hydrogen-bond acceptors (Lipinski definition) is 3. The number of aromatic nitrogens is 2. The smallest absolute Gasteiger partial charge is 0.488 e. The van der Waals surface area contributed by atoms with Crippen LogP contribution < -0.4 is 9.46 Å².